The number of carbonyl (C=O) groups is 4. The highest BCUT2D eigenvalue weighted by Crippen LogP contribution is 2.01. The van der Waals surface area contributed by atoms with Gasteiger partial charge >= 0.3 is 11.9 Å². The monoisotopic (exact) mass is 274 g/mol. The molecule has 1 unspecified atom stereocenters. The summed E-state index contributed by atoms with van der Waals surface area (Å²) in [5.74, 6) is -2.93. The summed E-state index contributed by atoms with van der Waals surface area (Å²) in [5, 5.41) is 21.9. The summed E-state index contributed by atoms with van der Waals surface area (Å²) in [6.07, 6.45) is 0.870. The smallest absolute Gasteiger partial charge is 0.326 e. The Balaban J connectivity index is 4.25. The van der Waals surface area contributed by atoms with Gasteiger partial charge in [-0.1, -0.05) is 13.3 Å². The third kappa shape index (κ3) is 7.02. The molecule has 0 aliphatic carbocycles. The average molecular weight is 274 g/mol. The number of carbonyl (C=O) groups excluding carboxylic acids is 2. The molecule has 0 aromatic rings. The molecule has 0 aromatic heterocycles. The summed E-state index contributed by atoms with van der Waals surface area (Å²) in [5.41, 5.74) is 0. The van der Waals surface area contributed by atoms with Crippen LogP contribution in [0.1, 0.15) is 32.6 Å². The first-order valence-electron chi connectivity index (χ1n) is 5.87. The van der Waals surface area contributed by atoms with E-state index in [1.807, 2.05) is 0 Å². The van der Waals surface area contributed by atoms with Crippen LogP contribution in [0.5, 0.6) is 0 Å². The van der Waals surface area contributed by atoms with Crippen molar-refractivity contribution in [1.29, 1.82) is 0 Å². The first-order chi connectivity index (χ1) is 8.92. The molecule has 19 heavy (non-hydrogen) atoms. The van der Waals surface area contributed by atoms with Crippen LogP contribution in [0.15, 0.2) is 0 Å². The molecule has 0 saturated heterocycles. The molecule has 8 heteroatoms. The van der Waals surface area contributed by atoms with Gasteiger partial charge in [-0.3, -0.25) is 9.59 Å². The number of rotatable bonds is 10. The van der Waals surface area contributed by atoms with Crippen LogP contribution in [-0.4, -0.2) is 46.6 Å². The minimum Gasteiger partial charge on any atom is -0.480 e. The molecule has 0 radical (unpaired) electrons. The van der Waals surface area contributed by atoms with Gasteiger partial charge in [0.15, 0.2) is 0 Å². The molecule has 0 fully saturated rings. The van der Waals surface area contributed by atoms with Crippen molar-refractivity contribution in [3.8, 4) is 0 Å². The zero-order chi connectivity index (χ0) is 14.8. The van der Waals surface area contributed by atoms with Gasteiger partial charge in [0.2, 0.25) is 12.3 Å². The van der Waals surface area contributed by atoms with E-state index in [0.29, 0.717) is 12.8 Å². The maximum Gasteiger partial charge on any atom is 0.326 e. The second-order valence-corrected chi connectivity index (χ2v) is 3.96. The number of nitrogens with one attached hydrogen (secondary N) is 2. The van der Waals surface area contributed by atoms with Crippen LogP contribution in [0.2, 0.25) is 0 Å². The summed E-state index contributed by atoms with van der Waals surface area (Å²) >= 11 is 0. The van der Waals surface area contributed by atoms with Crippen molar-refractivity contribution in [3.05, 3.63) is 0 Å². The minimum absolute atomic E-state index is 0.0988. The number of carboxylic acid groups (broad SMARTS) is 2. The van der Waals surface area contributed by atoms with Crippen LogP contribution in [0.3, 0.4) is 0 Å². The van der Waals surface area contributed by atoms with E-state index in [4.69, 9.17) is 10.2 Å². The first kappa shape index (κ1) is 16.9. The van der Waals surface area contributed by atoms with Crippen molar-refractivity contribution in [3.63, 3.8) is 0 Å². The van der Waals surface area contributed by atoms with Gasteiger partial charge in [0.1, 0.15) is 12.1 Å². The van der Waals surface area contributed by atoms with Crippen LogP contribution in [-0.2, 0) is 19.2 Å². The molecule has 2 amide bonds. The van der Waals surface area contributed by atoms with Crippen molar-refractivity contribution in [2.24, 2.45) is 0 Å². The molecule has 0 bridgehead atoms. The fourth-order valence-electron chi connectivity index (χ4n) is 1.45. The summed E-state index contributed by atoms with van der Waals surface area (Å²) in [6, 6.07) is -2.13. The SMILES string of the molecule is CCC[C@H](NC(=O)CCC(NC=O)C(=O)O)C(=O)O. The molecule has 0 spiro atoms. The topological polar surface area (TPSA) is 133 Å². The van der Waals surface area contributed by atoms with Crippen molar-refractivity contribution in [2.45, 2.75) is 44.7 Å². The summed E-state index contributed by atoms with van der Waals surface area (Å²) in [6.45, 7) is 1.79. The largest absolute Gasteiger partial charge is 0.480 e. The third-order valence-electron chi connectivity index (χ3n) is 2.44. The van der Waals surface area contributed by atoms with E-state index < -0.39 is 29.9 Å². The molecule has 0 aromatic carbocycles. The number of carboxylic acids is 2. The maximum absolute atomic E-state index is 11.5. The lowest BCUT2D eigenvalue weighted by Gasteiger charge is -2.15. The first-order valence-corrected chi connectivity index (χ1v) is 5.87. The van der Waals surface area contributed by atoms with Crippen molar-refractivity contribution >= 4 is 24.3 Å². The van der Waals surface area contributed by atoms with Crippen molar-refractivity contribution in [2.75, 3.05) is 0 Å². The van der Waals surface area contributed by atoms with Crippen LogP contribution >= 0.6 is 0 Å². The second-order valence-electron chi connectivity index (χ2n) is 3.96. The van der Waals surface area contributed by atoms with Gasteiger partial charge in [-0.05, 0) is 12.8 Å². The van der Waals surface area contributed by atoms with Gasteiger partial charge in [-0.25, -0.2) is 9.59 Å². The van der Waals surface area contributed by atoms with E-state index >= 15 is 0 Å². The van der Waals surface area contributed by atoms with Gasteiger partial charge in [0, 0.05) is 6.42 Å². The molecule has 0 aliphatic heterocycles. The molecule has 0 aliphatic rings. The highest BCUT2D eigenvalue weighted by atomic mass is 16.4. The minimum atomic E-state index is -1.25. The highest BCUT2D eigenvalue weighted by molar-refractivity contribution is 5.84. The lowest BCUT2D eigenvalue weighted by molar-refractivity contribution is -0.143. The third-order valence-corrected chi connectivity index (χ3v) is 2.44. The maximum atomic E-state index is 11.5. The van der Waals surface area contributed by atoms with Crippen LogP contribution in [0, 0.1) is 0 Å². The van der Waals surface area contributed by atoms with E-state index in [-0.39, 0.29) is 19.3 Å². The molecule has 0 rings (SSSR count). The Kier molecular flexibility index (Phi) is 7.90. The van der Waals surface area contributed by atoms with Crippen LogP contribution in [0.4, 0.5) is 0 Å². The van der Waals surface area contributed by atoms with Gasteiger partial charge < -0.3 is 20.8 Å². The predicted molar refractivity (Wildman–Crippen MR) is 64.3 cm³/mol. The fraction of sp³-hybridized carbons (Fsp3) is 0.636. The van der Waals surface area contributed by atoms with Gasteiger partial charge in [0.05, 0.1) is 0 Å². The molecule has 8 nitrogen and oxygen atoms in total. The van der Waals surface area contributed by atoms with E-state index in [1.165, 1.54) is 0 Å². The van der Waals surface area contributed by atoms with Gasteiger partial charge in [0.25, 0.3) is 0 Å². The standard InChI is InChI=1S/C11H18N2O6/c1-2-3-8(11(18)19)13-9(15)5-4-7(10(16)17)12-6-14/h6-8H,2-5H2,1H3,(H,12,14)(H,13,15)(H,16,17)(H,18,19)/t7?,8-/m0/s1. The van der Waals surface area contributed by atoms with E-state index in [2.05, 4.69) is 10.6 Å². The molecule has 108 valence electrons. The number of hydrogen-bond acceptors (Lipinski definition) is 4. The quantitative estimate of drug-likeness (QED) is 0.391. The number of hydrogen-bond donors (Lipinski definition) is 4. The lowest BCUT2D eigenvalue weighted by Crippen LogP contribution is -2.42. The van der Waals surface area contributed by atoms with Gasteiger partial charge in [-0.2, -0.15) is 0 Å². The second kappa shape index (κ2) is 8.90. The zero-order valence-corrected chi connectivity index (χ0v) is 10.6. The fourth-order valence-corrected chi connectivity index (χ4v) is 1.45. The zero-order valence-electron chi connectivity index (χ0n) is 10.6. The Hall–Kier alpha value is -2.12. The summed E-state index contributed by atoms with van der Waals surface area (Å²) < 4.78 is 0. The Morgan fingerprint density at radius 1 is 1.11 bits per heavy atom. The Morgan fingerprint density at radius 3 is 2.11 bits per heavy atom. The van der Waals surface area contributed by atoms with Crippen LogP contribution in [0.25, 0.3) is 0 Å². The number of aliphatic carboxylic acids is 2. The predicted octanol–water partition coefficient (Wildman–Crippen LogP) is -0.665. The highest BCUT2D eigenvalue weighted by Gasteiger charge is 2.21. The molecule has 4 N–H and O–H groups in total. The molecule has 0 heterocycles. The van der Waals surface area contributed by atoms with Crippen LogP contribution < -0.4 is 10.6 Å². The molecule has 2 atom stereocenters. The summed E-state index contributed by atoms with van der Waals surface area (Å²) in [7, 11) is 0. The average Bonchev–Trinajstić information content (AvgIpc) is 2.33. The van der Waals surface area contributed by atoms with Gasteiger partial charge in [-0.15, -0.1) is 0 Å². The molecular weight excluding hydrogens is 256 g/mol. The van der Waals surface area contributed by atoms with E-state index in [9.17, 15) is 19.2 Å². The Bertz CT molecular complexity index is 344. The Morgan fingerprint density at radius 2 is 1.68 bits per heavy atom. The van der Waals surface area contributed by atoms with E-state index in [0.717, 1.165) is 0 Å². The normalized spacial score (nSPS) is 13.1. The van der Waals surface area contributed by atoms with Crippen molar-refractivity contribution < 1.29 is 29.4 Å². The molecular formula is C11H18N2O6. The lowest BCUT2D eigenvalue weighted by atomic mass is 10.1. The summed E-state index contributed by atoms with van der Waals surface area (Å²) in [4.78, 5) is 43.1. The van der Waals surface area contributed by atoms with Crippen molar-refractivity contribution in [1.82, 2.24) is 10.6 Å². The molecule has 0 saturated carbocycles. The Labute approximate surface area is 110 Å². The number of amides is 2. The van der Waals surface area contributed by atoms with E-state index in [1.54, 1.807) is 6.92 Å².